The minimum Gasteiger partial charge on any atom is -0.508 e. The molecule has 0 spiro atoms. The molecule has 2 N–H and O–H groups in total. The first kappa shape index (κ1) is 13.9. The monoisotopic (exact) mass is 273 g/mol. The third-order valence-corrected chi connectivity index (χ3v) is 5.34. The fraction of sp³-hybridized carbons (Fsp3) is 0.667. The molecule has 20 heavy (non-hydrogen) atoms. The van der Waals surface area contributed by atoms with E-state index in [1.54, 1.807) is 12.1 Å². The Morgan fingerprint density at radius 3 is 2.25 bits per heavy atom. The van der Waals surface area contributed by atoms with Crippen LogP contribution >= 0.6 is 0 Å². The number of aromatic hydroxyl groups is 1. The van der Waals surface area contributed by atoms with Crippen molar-refractivity contribution in [2.45, 2.75) is 58.0 Å². The number of phenolic OH excluding ortho intramolecular Hbond substituents is 1. The first-order chi connectivity index (χ1) is 9.72. The molecular formula is C18H27NO. The van der Waals surface area contributed by atoms with E-state index in [2.05, 4.69) is 12.2 Å². The number of rotatable bonds is 4. The van der Waals surface area contributed by atoms with E-state index >= 15 is 0 Å². The van der Waals surface area contributed by atoms with Crippen molar-refractivity contribution in [2.75, 3.05) is 0 Å². The Morgan fingerprint density at radius 2 is 1.65 bits per heavy atom. The lowest BCUT2D eigenvalue weighted by atomic mass is 9.66. The number of hydrogen-bond donors (Lipinski definition) is 2. The zero-order valence-corrected chi connectivity index (χ0v) is 12.5. The van der Waals surface area contributed by atoms with Crippen LogP contribution in [0.2, 0.25) is 0 Å². The lowest BCUT2D eigenvalue weighted by Crippen LogP contribution is -2.40. The van der Waals surface area contributed by atoms with Gasteiger partial charge in [0.1, 0.15) is 5.75 Å². The van der Waals surface area contributed by atoms with Crippen molar-refractivity contribution < 1.29 is 5.11 Å². The van der Waals surface area contributed by atoms with Gasteiger partial charge in [-0.25, -0.2) is 0 Å². The minimum absolute atomic E-state index is 0.353. The summed E-state index contributed by atoms with van der Waals surface area (Å²) in [5.74, 6) is 3.28. The highest BCUT2D eigenvalue weighted by Crippen LogP contribution is 2.43. The van der Waals surface area contributed by atoms with Crippen molar-refractivity contribution in [3.05, 3.63) is 29.8 Å². The maximum atomic E-state index is 9.31. The first-order valence-corrected chi connectivity index (χ1v) is 8.24. The van der Waals surface area contributed by atoms with Gasteiger partial charge in [-0.05, 0) is 67.6 Å². The first-order valence-electron chi connectivity index (χ1n) is 8.24. The molecule has 2 atom stereocenters. The highest BCUT2D eigenvalue weighted by molar-refractivity contribution is 5.25. The Labute approximate surface area is 122 Å². The van der Waals surface area contributed by atoms with Gasteiger partial charge in [-0.3, -0.25) is 0 Å². The van der Waals surface area contributed by atoms with E-state index in [-0.39, 0.29) is 0 Å². The van der Waals surface area contributed by atoms with Crippen molar-refractivity contribution in [1.82, 2.24) is 5.32 Å². The summed E-state index contributed by atoms with van der Waals surface area (Å²) in [6.45, 7) is 3.29. The molecule has 1 aromatic rings. The fourth-order valence-electron chi connectivity index (χ4n) is 4.36. The molecule has 0 saturated heterocycles. The van der Waals surface area contributed by atoms with Crippen LogP contribution < -0.4 is 5.32 Å². The highest BCUT2D eigenvalue weighted by atomic mass is 16.3. The van der Waals surface area contributed by atoms with Crippen LogP contribution in [0.1, 0.15) is 51.0 Å². The molecule has 110 valence electrons. The molecule has 2 unspecified atom stereocenters. The van der Waals surface area contributed by atoms with Crippen LogP contribution in [0.25, 0.3) is 0 Å². The maximum Gasteiger partial charge on any atom is 0.115 e. The van der Waals surface area contributed by atoms with Gasteiger partial charge in [0.15, 0.2) is 0 Å². The second-order valence-electron chi connectivity index (χ2n) is 6.93. The molecule has 2 aliphatic carbocycles. The van der Waals surface area contributed by atoms with Crippen molar-refractivity contribution >= 4 is 0 Å². The summed E-state index contributed by atoms with van der Waals surface area (Å²) in [4.78, 5) is 0. The van der Waals surface area contributed by atoms with Gasteiger partial charge >= 0.3 is 0 Å². The second kappa shape index (κ2) is 6.17. The van der Waals surface area contributed by atoms with E-state index < -0.39 is 0 Å². The molecule has 0 heterocycles. The van der Waals surface area contributed by atoms with E-state index in [1.807, 2.05) is 12.1 Å². The van der Waals surface area contributed by atoms with Gasteiger partial charge in [0.25, 0.3) is 0 Å². The van der Waals surface area contributed by atoms with Crippen molar-refractivity contribution in [3.8, 4) is 5.75 Å². The summed E-state index contributed by atoms with van der Waals surface area (Å²) in [5.41, 5.74) is 1.27. The van der Waals surface area contributed by atoms with Gasteiger partial charge in [0.2, 0.25) is 0 Å². The lowest BCUT2D eigenvalue weighted by Gasteiger charge is -2.42. The van der Waals surface area contributed by atoms with Gasteiger partial charge in [0.05, 0.1) is 0 Å². The molecule has 3 rings (SSSR count). The molecule has 0 radical (unpaired) electrons. The molecule has 2 aliphatic rings. The zero-order chi connectivity index (χ0) is 13.9. The SMILES string of the molecule is CCC1CC2CC(C1)CC(NCc1ccc(O)cc1)C2. The zero-order valence-electron chi connectivity index (χ0n) is 12.5. The second-order valence-corrected chi connectivity index (χ2v) is 6.93. The third-order valence-electron chi connectivity index (χ3n) is 5.34. The predicted molar refractivity (Wildman–Crippen MR) is 82.6 cm³/mol. The van der Waals surface area contributed by atoms with Crippen LogP contribution in [0.3, 0.4) is 0 Å². The van der Waals surface area contributed by atoms with E-state index in [9.17, 15) is 5.11 Å². The lowest BCUT2D eigenvalue weighted by molar-refractivity contribution is 0.109. The van der Waals surface area contributed by atoms with Crippen LogP contribution in [0, 0.1) is 17.8 Å². The molecule has 2 fully saturated rings. The van der Waals surface area contributed by atoms with Gasteiger partial charge in [-0.2, -0.15) is 0 Å². The normalized spacial score (nSPS) is 33.0. The van der Waals surface area contributed by atoms with Crippen LogP contribution in [0.4, 0.5) is 0 Å². The van der Waals surface area contributed by atoms with E-state index in [4.69, 9.17) is 0 Å². The third kappa shape index (κ3) is 3.35. The summed E-state index contributed by atoms with van der Waals surface area (Å²) in [7, 11) is 0. The highest BCUT2D eigenvalue weighted by Gasteiger charge is 2.35. The number of phenols is 1. The molecule has 0 aromatic heterocycles. The number of nitrogens with one attached hydrogen (secondary N) is 1. The summed E-state index contributed by atoms with van der Waals surface area (Å²) in [6, 6.07) is 8.28. The number of hydrogen-bond acceptors (Lipinski definition) is 2. The van der Waals surface area contributed by atoms with E-state index in [0.717, 1.165) is 24.3 Å². The molecular weight excluding hydrogens is 246 g/mol. The number of fused-ring (bicyclic) bond motifs is 2. The standard InChI is InChI=1S/C18H27NO/c1-2-13-7-15-9-16(8-13)11-17(10-15)19-12-14-3-5-18(20)6-4-14/h3-6,13,15-17,19-20H,2,7-12H2,1H3. The van der Waals surface area contributed by atoms with E-state index in [0.29, 0.717) is 11.8 Å². The van der Waals surface area contributed by atoms with Crippen LogP contribution in [0.15, 0.2) is 24.3 Å². The van der Waals surface area contributed by atoms with E-state index in [1.165, 1.54) is 44.1 Å². The van der Waals surface area contributed by atoms with Gasteiger partial charge < -0.3 is 10.4 Å². The topological polar surface area (TPSA) is 32.3 Å². The summed E-state index contributed by atoms with van der Waals surface area (Å²) < 4.78 is 0. The molecule has 0 amide bonds. The van der Waals surface area contributed by atoms with Crippen molar-refractivity contribution in [2.24, 2.45) is 17.8 Å². The quantitative estimate of drug-likeness (QED) is 0.866. The molecule has 2 saturated carbocycles. The fourth-order valence-corrected chi connectivity index (χ4v) is 4.36. The maximum absolute atomic E-state index is 9.31. The smallest absolute Gasteiger partial charge is 0.115 e. The molecule has 1 aromatic carbocycles. The van der Waals surface area contributed by atoms with Crippen LogP contribution in [0.5, 0.6) is 5.75 Å². The Hall–Kier alpha value is -1.02. The summed E-state index contributed by atoms with van der Waals surface area (Å²) in [5, 5.41) is 13.0. The predicted octanol–water partition coefficient (Wildman–Crippen LogP) is 4.09. The van der Waals surface area contributed by atoms with Crippen molar-refractivity contribution in [1.29, 1.82) is 0 Å². The van der Waals surface area contributed by atoms with Gasteiger partial charge in [-0.1, -0.05) is 25.5 Å². The minimum atomic E-state index is 0.353. The largest absolute Gasteiger partial charge is 0.508 e. The Kier molecular flexibility index (Phi) is 4.30. The molecule has 2 heteroatoms. The molecule has 2 nitrogen and oxygen atoms in total. The average Bonchev–Trinajstić information content (AvgIpc) is 2.45. The average molecular weight is 273 g/mol. The number of benzene rings is 1. The van der Waals surface area contributed by atoms with Crippen LogP contribution in [-0.4, -0.2) is 11.1 Å². The van der Waals surface area contributed by atoms with Gasteiger partial charge in [-0.15, -0.1) is 0 Å². The molecule has 2 bridgehead atoms. The molecule has 0 aliphatic heterocycles. The van der Waals surface area contributed by atoms with Gasteiger partial charge in [0, 0.05) is 12.6 Å². The Bertz CT molecular complexity index is 414. The van der Waals surface area contributed by atoms with Crippen molar-refractivity contribution in [3.63, 3.8) is 0 Å². The Balaban J connectivity index is 1.51. The van der Waals surface area contributed by atoms with Crippen LogP contribution in [-0.2, 0) is 6.54 Å². The summed E-state index contributed by atoms with van der Waals surface area (Å²) >= 11 is 0. The Morgan fingerprint density at radius 1 is 1.00 bits per heavy atom. The summed E-state index contributed by atoms with van der Waals surface area (Å²) in [6.07, 6.45) is 8.51.